The van der Waals surface area contributed by atoms with Crippen LogP contribution in [0, 0.1) is 0 Å². The average Bonchev–Trinajstić information content (AvgIpc) is 3.00. The third-order valence-electron chi connectivity index (χ3n) is 3.42. The third-order valence-corrected chi connectivity index (χ3v) is 3.42. The maximum Gasteiger partial charge on any atom is 0.0955 e. The van der Waals surface area contributed by atoms with E-state index in [-0.39, 0.29) is 19.3 Å². The van der Waals surface area contributed by atoms with Gasteiger partial charge in [-0.15, -0.1) is 0 Å². The quantitative estimate of drug-likeness (QED) is 0.691. The second-order valence-electron chi connectivity index (χ2n) is 4.63. The molecule has 3 N–H and O–H groups in total. The predicted molar refractivity (Wildman–Crippen MR) is 70.1 cm³/mol. The summed E-state index contributed by atoms with van der Waals surface area (Å²) in [6.07, 6.45) is 7.69. The van der Waals surface area contributed by atoms with E-state index in [0.29, 0.717) is 6.04 Å². The molecule has 0 amide bonds. The first-order chi connectivity index (χ1) is 8.80. The molecule has 0 fully saturated rings. The molecule has 0 saturated heterocycles. The van der Waals surface area contributed by atoms with Gasteiger partial charge in [0.1, 0.15) is 0 Å². The van der Waals surface area contributed by atoms with Gasteiger partial charge >= 0.3 is 0 Å². The Labute approximate surface area is 107 Å². The molecule has 0 spiro atoms. The van der Waals surface area contributed by atoms with E-state index in [1.165, 1.54) is 5.57 Å². The monoisotopic (exact) mass is 251 g/mol. The Morgan fingerprint density at radius 3 is 2.94 bits per heavy atom. The highest BCUT2D eigenvalue weighted by Crippen LogP contribution is 2.29. The average molecular weight is 251 g/mol. The number of aliphatic hydroxyl groups excluding tert-OH is 2. The van der Waals surface area contributed by atoms with Gasteiger partial charge in [0.2, 0.25) is 0 Å². The number of aliphatic hydroxyl groups is 2. The van der Waals surface area contributed by atoms with Crippen molar-refractivity contribution in [2.45, 2.75) is 31.8 Å². The zero-order chi connectivity index (χ0) is 13.0. The summed E-state index contributed by atoms with van der Waals surface area (Å²) in [5.41, 5.74) is 2.24. The maximum atomic E-state index is 9.26. The highest BCUT2D eigenvalue weighted by Gasteiger charge is 2.21. The molecule has 2 rings (SSSR count). The minimum Gasteiger partial charge on any atom is -0.394 e. The van der Waals surface area contributed by atoms with Gasteiger partial charge in [-0.1, -0.05) is 13.0 Å². The minimum atomic E-state index is -0.304. The fourth-order valence-electron chi connectivity index (χ4n) is 2.45. The van der Waals surface area contributed by atoms with Crippen LogP contribution in [0.2, 0.25) is 0 Å². The number of nitrogens with one attached hydrogen (secondary N) is 1. The molecule has 1 aromatic rings. The standard InChI is InChI=1S/C13H21N3O2/c1-2-15-11-4-3-10(5-11)13-6-14-9-16(13)12(7-17)8-18/h3,6,9,11-12,15,17-18H,2,4-5,7-8H2,1H3. The first-order valence-corrected chi connectivity index (χ1v) is 6.46. The molecule has 0 bridgehead atoms. The lowest BCUT2D eigenvalue weighted by Crippen LogP contribution is -2.26. The van der Waals surface area contributed by atoms with Crippen LogP contribution in [0.1, 0.15) is 31.5 Å². The molecular weight excluding hydrogens is 230 g/mol. The molecule has 18 heavy (non-hydrogen) atoms. The summed E-state index contributed by atoms with van der Waals surface area (Å²) in [7, 11) is 0. The Balaban J connectivity index is 2.13. The normalized spacial score (nSPS) is 19.6. The van der Waals surface area contributed by atoms with Crippen LogP contribution in [0.3, 0.4) is 0 Å². The minimum absolute atomic E-state index is 0.0796. The third kappa shape index (κ3) is 2.63. The van der Waals surface area contributed by atoms with Crippen molar-refractivity contribution in [1.29, 1.82) is 0 Å². The summed E-state index contributed by atoms with van der Waals surface area (Å²) in [6.45, 7) is 2.92. The van der Waals surface area contributed by atoms with E-state index < -0.39 is 0 Å². The van der Waals surface area contributed by atoms with Crippen LogP contribution in [-0.2, 0) is 0 Å². The molecule has 100 valence electrons. The van der Waals surface area contributed by atoms with Crippen molar-refractivity contribution >= 4 is 5.57 Å². The molecule has 1 aromatic heterocycles. The Kier molecular flexibility index (Phi) is 4.52. The SMILES string of the molecule is CCNC1CC=C(c2cncn2C(CO)CO)C1. The molecular formula is C13H21N3O2. The Hall–Kier alpha value is -1.17. The van der Waals surface area contributed by atoms with Crippen molar-refractivity contribution in [3.63, 3.8) is 0 Å². The van der Waals surface area contributed by atoms with Gasteiger partial charge in [-0.3, -0.25) is 0 Å². The topological polar surface area (TPSA) is 70.3 Å². The lowest BCUT2D eigenvalue weighted by atomic mass is 10.1. The molecule has 5 heteroatoms. The van der Waals surface area contributed by atoms with Crippen LogP contribution in [-0.4, -0.2) is 45.6 Å². The first kappa shape index (κ1) is 13.3. The molecule has 1 atom stereocenters. The van der Waals surface area contributed by atoms with Crippen molar-refractivity contribution in [3.8, 4) is 0 Å². The zero-order valence-corrected chi connectivity index (χ0v) is 10.7. The van der Waals surface area contributed by atoms with Gasteiger partial charge in [0.05, 0.1) is 37.5 Å². The van der Waals surface area contributed by atoms with Crippen molar-refractivity contribution < 1.29 is 10.2 Å². The molecule has 1 unspecified atom stereocenters. The molecule has 0 aromatic carbocycles. The van der Waals surface area contributed by atoms with Crippen molar-refractivity contribution in [2.24, 2.45) is 0 Å². The van der Waals surface area contributed by atoms with E-state index >= 15 is 0 Å². The molecule has 0 radical (unpaired) electrons. The summed E-state index contributed by atoms with van der Waals surface area (Å²) in [5, 5.41) is 22.0. The Bertz CT molecular complexity index is 410. The second kappa shape index (κ2) is 6.13. The van der Waals surface area contributed by atoms with E-state index in [1.807, 2.05) is 4.57 Å². The molecule has 0 saturated carbocycles. The highest BCUT2D eigenvalue weighted by molar-refractivity contribution is 5.65. The molecule has 0 aliphatic heterocycles. The van der Waals surface area contributed by atoms with Gasteiger partial charge in [0.25, 0.3) is 0 Å². The van der Waals surface area contributed by atoms with Crippen molar-refractivity contribution in [1.82, 2.24) is 14.9 Å². The van der Waals surface area contributed by atoms with E-state index in [4.69, 9.17) is 0 Å². The van der Waals surface area contributed by atoms with Crippen LogP contribution in [0.5, 0.6) is 0 Å². The van der Waals surface area contributed by atoms with Crippen molar-refractivity contribution in [2.75, 3.05) is 19.8 Å². The summed E-state index contributed by atoms with van der Waals surface area (Å²) in [6, 6.07) is 0.191. The van der Waals surface area contributed by atoms with Gasteiger partial charge in [0.15, 0.2) is 0 Å². The van der Waals surface area contributed by atoms with E-state index in [0.717, 1.165) is 25.1 Å². The van der Waals surface area contributed by atoms with Crippen LogP contribution in [0.15, 0.2) is 18.6 Å². The van der Waals surface area contributed by atoms with Gasteiger partial charge in [-0.25, -0.2) is 4.98 Å². The smallest absolute Gasteiger partial charge is 0.0955 e. The lowest BCUT2D eigenvalue weighted by molar-refractivity contribution is 0.154. The van der Waals surface area contributed by atoms with E-state index in [2.05, 4.69) is 23.3 Å². The number of rotatable bonds is 6. The lowest BCUT2D eigenvalue weighted by Gasteiger charge is -2.17. The number of aromatic nitrogens is 2. The predicted octanol–water partition coefficient (Wildman–Crippen LogP) is 0.564. The molecule has 5 nitrogen and oxygen atoms in total. The fraction of sp³-hybridized carbons (Fsp3) is 0.615. The van der Waals surface area contributed by atoms with E-state index in [1.54, 1.807) is 12.5 Å². The molecule has 1 heterocycles. The molecule has 1 aliphatic carbocycles. The van der Waals surface area contributed by atoms with Crippen LogP contribution in [0.4, 0.5) is 0 Å². The maximum absolute atomic E-state index is 9.26. The van der Waals surface area contributed by atoms with Crippen LogP contribution < -0.4 is 5.32 Å². The van der Waals surface area contributed by atoms with Gasteiger partial charge in [-0.05, 0) is 25.0 Å². The van der Waals surface area contributed by atoms with Crippen LogP contribution in [0.25, 0.3) is 5.57 Å². The molecule has 1 aliphatic rings. The number of hydrogen-bond donors (Lipinski definition) is 3. The Morgan fingerprint density at radius 2 is 2.28 bits per heavy atom. The largest absolute Gasteiger partial charge is 0.394 e. The zero-order valence-electron chi connectivity index (χ0n) is 10.7. The Morgan fingerprint density at radius 1 is 1.50 bits per heavy atom. The number of nitrogens with zero attached hydrogens (tertiary/aromatic N) is 2. The summed E-state index contributed by atoms with van der Waals surface area (Å²) < 4.78 is 1.86. The van der Waals surface area contributed by atoms with Crippen LogP contribution >= 0.6 is 0 Å². The van der Waals surface area contributed by atoms with Gasteiger partial charge in [-0.2, -0.15) is 0 Å². The highest BCUT2D eigenvalue weighted by atomic mass is 16.3. The second-order valence-corrected chi connectivity index (χ2v) is 4.63. The summed E-state index contributed by atoms with van der Waals surface area (Å²) in [4.78, 5) is 4.13. The first-order valence-electron chi connectivity index (χ1n) is 6.46. The van der Waals surface area contributed by atoms with E-state index in [9.17, 15) is 10.2 Å². The summed E-state index contributed by atoms with van der Waals surface area (Å²) >= 11 is 0. The number of hydrogen-bond acceptors (Lipinski definition) is 4. The van der Waals surface area contributed by atoms with Crippen molar-refractivity contribution in [3.05, 3.63) is 24.3 Å². The number of imidazole rings is 1. The van der Waals surface area contributed by atoms with Gasteiger partial charge < -0.3 is 20.1 Å². The van der Waals surface area contributed by atoms with Gasteiger partial charge in [0, 0.05) is 6.04 Å². The fourth-order valence-corrected chi connectivity index (χ4v) is 2.45. The summed E-state index contributed by atoms with van der Waals surface area (Å²) in [5.74, 6) is 0.